The van der Waals surface area contributed by atoms with E-state index < -0.39 is 26.7 Å². The van der Waals surface area contributed by atoms with Gasteiger partial charge < -0.3 is 0 Å². The number of hydrogen-bond donors (Lipinski definition) is 0. The van der Waals surface area contributed by atoms with E-state index in [1.807, 2.05) is 6.07 Å². The Morgan fingerprint density at radius 2 is 1.44 bits per heavy atom. The summed E-state index contributed by atoms with van der Waals surface area (Å²) in [5, 5.41) is 2.11. The molecule has 0 saturated heterocycles. The van der Waals surface area contributed by atoms with E-state index >= 15 is 0 Å². The molecule has 27 heavy (non-hydrogen) atoms. The average molecular weight is 560 g/mol. The summed E-state index contributed by atoms with van der Waals surface area (Å²) >= 11 is 0.994. The Labute approximate surface area is 178 Å². The SMILES string of the molecule is CC(C)[Si](Oc1c[c]([Sn]([CH3])([CH3])[CH3])c2c(Br)c(F)ccc2c1)(C(C)C)C(C)C. The maximum atomic E-state index is 14.3. The average Bonchev–Trinajstić information content (AvgIpc) is 2.53. The molecule has 2 aromatic rings. The van der Waals surface area contributed by atoms with Gasteiger partial charge in [0.05, 0.1) is 0 Å². The third-order valence-electron chi connectivity index (χ3n) is 5.79. The summed E-state index contributed by atoms with van der Waals surface area (Å²) in [7, 11) is -2.02. The van der Waals surface area contributed by atoms with Gasteiger partial charge in [0.1, 0.15) is 0 Å². The molecular weight excluding hydrogens is 526 g/mol. The third kappa shape index (κ3) is 4.42. The molecule has 1 nitrogen and oxygen atoms in total. The fourth-order valence-electron chi connectivity index (χ4n) is 4.58. The Kier molecular flexibility index (Phi) is 7.18. The van der Waals surface area contributed by atoms with Gasteiger partial charge in [-0.25, -0.2) is 0 Å². The van der Waals surface area contributed by atoms with Crippen LogP contribution in [0.3, 0.4) is 0 Å². The first-order valence-electron chi connectivity index (χ1n) is 9.93. The fourth-order valence-corrected chi connectivity index (χ4v) is 15.5. The molecule has 0 saturated carbocycles. The maximum absolute atomic E-state index is 14.3. The van der Waals surface area contributed by atoms with Crippen molar-refractivity contribution < 1.29 is 8.82 Å². The van der Waals surface area contributed by atoms with E-state index in [0.717, 1.165) is 16.5 Å². The van der Waals surface area contributed by atoms with Crippen molar-refractivity contribution in [1.29, 1.82) is 0 Å². The molecule has 0 amide bonds. The van der Waals surface area contributed by atoms with Crippen molar-refractivity contribution in [2.24, 2.45) is 0 Å². The van der Waals surface area contributed by atoms with Crippen LogP contribution in [0, 0.1) is 5.82 Å². The molecule has 5 heteroatoms. The summed E-state index contributed by atoms with van der Waals surface area (Å²) in [6.45, 7) is 13.9. The minimum atomic E-state index is -2.51. The molecule has 0 bridgehead atoms. The van der Waals surface area contributed by atoms with Crippen molar-refractivity contribution in [2.75, 3.05) is 0 Å². The number of benzene rings is 2. The summed E-state index contributed by atoms with van der Waals surface area (Å²) in [5.41, 5.74) is 1.57. The van der Waals surface area contributed by atoms with Gasteiger partial charge in [-0.1, -0.05) is 0 Å². The molecule has 0 aliphatic heterocycles. The number of hydrogen-bond acceptors (Lipinski definition) is 1. The number of rotatable bonds is 6. The predicted molar refractivity (Wildman–Crippen MR) is 126 cm³/mol. The Hall–Kier alpha value is -0.0744. The summed E-state index contributed by atoms with van der Waals surface area (Å²) < 4.78 is 23.1. The van der Waals surface area contributed by atoms with Crippen LogP contribution in [0.15, 0.2) is 28.7 Å². The van der Waals surface area contributed by atoms with E-state index in [0.29, 0.717) is 21.1 Å². The van der Waals surface area contributed by atoms with Crippen LogP contribution >= 0.6 is 15.9 Å². The standard InChI is InChI=1S/C19H25BrFOSi.3CH3.Sn/c1-12(2)23(13(3)4,14(5)6)22-16-8-9-17-15(11-16)7-10-18(21)19(17)20;;;;/h7-8,10-14H,1-6H3;3*1H3;. The monoisotopic (exact) mass is 560 g/mol. The van der Waals surface area contributed by atoms with E-state index in [-0.39, 0.29) is 5.82 Å². The van der Waals surface area contributed by atoms with Gasteiger partial charge in [-0.2, -0.15) is 0 Å². The number of fused-ring (bicyclic) bond motifs is 1. The number of halogens is 2. The minimum absolute atomic E-state index is 0.191. The topological polar surface area (TPSA) is 9.23 Å². The Morgan fingerprint density at radius 1 is 0.926 bits per heavy atom. The van der Waals surface area contributed by atoms with E-state index in [9.17, 15) is 4.39 Å². The van der Waals surface area contributed by atoms with Crippen LogP contribution in [-0.4, -0.2) is 26.7 Å². The van der Waals surface area contributed by atoms with Crippen LogP contribution in [0.4, 0.5) is 4.39 Å². The van der Waals surface area contributed by atoms with Gasteiger partial charge in [-0.05, 0) is 0 Å². The third-order valence-corrected chi connectivity index (χ3v) is 18.3. The molecule has 0 spiro atoms. The molecule has 2 rings (SSSR count). The van der Waals surface area contributed by atoms with Crippen LogP contribution < -0.4 is 8.01 Å². The van der Waals surface area contributed by atoms with Crippen molar-refractivity contribution in [2.45, 2.75) is 73.0 Å². The zero-order chi connectivity index (χ0) is 20.7. The first-order valence-corrected chi connectivity index (χ1v) is 22.9. The molecule has 0 unspecified atom stereocenters. The fraction of sp³-hybridized carbons (Fsp3) is 0.545. The van der Waals surface area contributed by atoms with Gasteiger partial charge in [-0.15, -0.1) is 0 Å². The molecular formula is C22H34BrFOSiSn. The van der Waals surface area contributed by atoms with Crippen LogP contribution in [0.25, 0.3) is 10.8 Å². The van der Waals surface area contributed by atoms with Crippen molar-refractivity contribution >= 4 is 57.0 Å². The second kappa shape index (κ2) is 8.35. The Bertz CT molecular complexity index is 805. The molecule has 0 aromatic heterocycles. The van der Waals surface area contributed by atoms with Gasteiger partial charge in [0.15, 0.2) is 0 Å². The van der Waals surface area contributed by atoms with Gasteiger partial charge >= 0.3 is 179 Å². The molecule has 0 atom stereocenters. The molecule has 0 heterocycles. The summed E-state index contributed by atoms with van der Waals surface area (Å²) in [6, 6.07) is 7.80. The zero-order valence-electron chi connectivity index (χ0n) is 18.2. The van der Waals surface area contributed by atoms with Crippen LogP contribution in [0.2, 0.25) is 31.4 Å². The second-order valence-corrected chi connectivity index (χ2v) is 30.1. The van der Waals surface area contributed by atoms with Crippen LogP contribution in [-0.2, 0) is 0 Å². The van der Waals surface area contributed by atoms with Gasteiger partial charge in [0.25, 0.3) is 0 Å². The van der Waals surface area contributed by atoms with E-state index in [2.05, 4.69) is 84.4 Å². The van der Waals surface area contributed by atoms with Crippen molar-refractivity contribution in [3.63, 3.8) is 0 Å². The molecule has 0 radical (unpaired) electrons. The summed E-state index contributed by atoms with van der Waals surface area (Å²) in [6.07, 6.45) is 0. The first-order chi connectivity index (χ1) is 12.3. The predicted octanol–water partition coefficient (Wildman–Crippen LogP) is 7.84. The second-order valence-electron chi connectivity index (χ2n) is 9.60. The molecule has 150 valence electrons. The van der Waals surface area contributed by atoms with Crippen molar-refractivity contribution in [1.82, 2.24) is 0 Å². The van der Waals surface area contributed by atoms with Crippen molar-refractivity contribution in [3.05, 3.63) is 34.6 Å². The quantitative estimate of drug-likeness (QED) is 0.328. The van der Waals surface area contributed by atoms with Crippen LogP contribution in [0.1, 0.15) is 41.5 Å². The first kappa shape index (κ1) is 23.2. The molecule has 0 fully saturated rings. The van der Waals surface area contributed by atoms with E-state index in [1.165, 1.54) is 3.58 Å². The normalized spacial score (nSPS) is 13.3. The molecule has 0 N–H and O–H groups in total. The van der Waals surface area contributed by atoms with E-state index in [4.69, 9.17) is 4.43 Å². The van der Waals surface area contributed by atoms with Gasteiger partial charge in [0.2, 0.25) is 0 Å². The Balaban J connectivity index is 2.75. The van der Waals surface area contributed by atoms with Crippen LogP contribution in [0.5, 0.6) is 5.75 Å². The van der Waals surface area contributed by atoms with Gasteiger partial charge in [0, 0.05) is 0 Å². The molecule has 0 aliphatic rings. The zero-order valence-corrected chi connectivity index (χ0v) is 23.6. The molecule has 0 aliphatic carbocycles. The van der Waals surface area contributed by atoms with Crippen molar-refractivity contribution in [3.8, 4) is 5.75 Å². The summed E-state index contributed by atoms with van der Waals surface area (Å²) in [4.78, 5) is 7.13. The Morgan fingerprint density at radius 3 is 1.89 bits per heavy atom. The summed E-state index contributed by atoms with van der Waals surface area (Å²) in [5.74, 6) is 0.786. The van der Waals surface area contributed by atoms with Gasteiger partial charge in [-0.3, -0.25) is 0 Å². The van der Waals surface area contributed by atoms with E-state index in [1.54, 1.807) is 6.07 Å². The molecule has 2 aromatic carbocycles.